The van der Waals surface area contributed by atoms with Crippen molar-refractivity contribution in [2.24, 2.45) is 0 Å². The average Bonchev–Trinajstić information content (AvgIpc) is 3.20. The molecule has 1 N–H and O–H groups in total. The lowest BCUT2D eigenvalue weighted by Gasteiger charge is -2.33. The molecule has 2 aliphatic heterocycles. The largest absolute Gasteiger partial charge is 0.348 e. The molecule has 1 unspecified atom stereocenters. The summed E-state index contributed by atoms with van der Waals surface area (Å²) in [5.74, 6) is -0.0915. The van der Waals surface area contributed by atoms with Gasteiger partial charge in [-0.3, -0.25) is 9.59 Å². The Labute approximate surface area is 177 Å². The van der Waals surface area contributed by atoms with Gasteiger partial charge in [0, 0.05) is 44.4 Å². The van der Waals surface area contributed by atoms with Crippen molar-refractivity contribution in [1.29, 1.82) is 0 Å². The van der Waals surface area contributed by atoms with Gasteiger partial charge in [-0.15, -0.1) is 0 Å². The first-order chi connectivity index (χ1) is 14.4. The van der Waals surface area contributed by atoms with E-state index >= 15 is 4.39 Å². The molecule has 0 spiro atoms. The second kappa shape index (κ2) is 8.40. The van der Waals surface area contributed by atoms with Gasteiger partial charge < -0.3 is 14.8 Å². The van der Waals surface area contributed by atoms with Gasteiger partial charge in [-0.25, -0.2) is 4.39 Å². The molecule has 2 saturated heterocycles. The molecule has 2 amide bonds. The van der Waals surface area contributed by atoms with Crippen LogP contribution >= 0.6 is 0 Å². The minimum Gasteiger partial charge on any atom is -0.348 e. The van der Waals surface area contributed by atoms with Gasteiger partial charge in [-0.05, 0) is 55.2 Å². The zero-order valence-corrected chi connectivity index (χ0v) is 18.3. The summed E-state index contributed by atoms with van der Waals surface area (Å²) < 4.78 is 15.7. The topological polar surface area (TPSA) is 56.4 Å². The number of aromatic nitrogens is 1. The van der Waals surface area contributed by atoms with Crippen molar-refractivity contribution in [3.63, 3.8) is 0 Å². The van der Waals surface area contributed by atoms with Crippen molar-refractivity contribution in [3.8, 4) is 0 Å². The summed E-state index contributed by atoms with van der Waals surface area (Å²) in [5, 5.41) is 0.797. The average molecular weight is 414 g/mol. The molecule has 1 atom stereocenters. The van der Waals surface area contributed by atoms with Crippen LogP contribution in [0.25, 0.3) is 10.9 Å². The number of carbonyl (C=O) groups excluding carboxylic acids is 2. The van der Waals surface area contributed by atoms with E-state index < -0.39 is 0 Å². The number of fused-ring (bicyclic) bond motifs is 1. The first-order valence-electron chi connectivity index (χ1n) is 11.3. The number of H-pyrrole nitrogens is 1. The molecule has 0 saturated carbocycles. The third-order valence-electron chi connectivity index (χ3n) is 6.71. The molecule has 162 valence electrons. The number of amides is 2. The minimum atomic E-state index is -0.275. The molecule has 2 fully saturated rings. The van der Waals surface area contributed by atoms with E-state index in [0.29, 0.717) is 23.3 Å². The molecule has 6 heteroatoms. The molecule has 1 aromatic heterocycles. The van der Waals surface area contributed by atoms with Gasteiger partial charge in [0.1, 0.15) is 5.69 Å². The summed E-state index contributed by atoms with van der Waals surface area (Å²) in [7, 11) is 0. The summed E-state index contributed by atoms with van der Waals surface area (Å²) >= 11 is 0. The summed E-state index contributed by atoms with van der Waals surface area (Å²) in [6.45, 7) is 8.59. The van der Waals surface area contributed by atoms with Crippen LogP contribution in [-0.2, 0) is 4.79 Å². The first kappa shape index (κ1) is 20.9. The van der Waals surface area contributed by atoms with Crippen LogP contribution in [-0.4, -0.2) is 52.8 Å². The Morgan fingerprint density at radius 2 is 1.77 bits per heavy atom. The number of nitrogens with one attached hydrogen (secondary N) is 1. The second-order valence-corrected chi connectivity index (χ2v) is 9.15. The number of likely N-dealkylation sites (tertiary alicyclic amines) is 2. The standard InChI is InChI=1S/C24H32FN3O2/c1-15(2)18-12-19(17-8-7-11-28(14-17)16(3)29)22(25)23-20(18)13-21(26-23)24(30)27-9-5-4-6-10-27/h12-13,15,17,26H,4-11,14H2,1-3H3. The quantitative estimate of drug-likeness (QED) is 0.787. The van der Waals surface area contributed by atoms with E-state index in [0.717, 1.165) is 62.7 Å². The third-order valence-corrected chi connectivity index (χ3v) is 6.71. The van der Waals surface area contributed by atoms with Crippen LogP contribution in [0.3, 0.4) is 0 Å². The predicted molar refractivity (Wildman–Crippen MR) is 116 cm³/mol. The molecule has 0 aliphatic carbocycles. The maximum Gasteiger partial charge on any atom is 0.270 e. The fraction of sp³-hybridized carbons (Fsp3) is 0.583. The van der Waals surface area contributed by atoms with Crippen LogP contribution in [0, 0.1) is 5.82 Å². The van der Waals surface area contributed by atoms with Crippen molar-refractivity contribution in [1.82, 2.24) is 14.8 Å². The number of carbonyl (C=O) groups is 2. The summed E-state index contributed by atoms with van der Waals surface area (Å²) in [6.07, 6.45) is 4.95. The highest BCUT2D eigenvalue weighted by molar-refractivity contribution is 5.99. The van der Waals surface area contributed by atoms with E-state index in [-0.39, 0.29) is 29.5 Å². The van der Waals surface area contributed by atoms with Gasteiger partial charge in [0.2, 0.25) is 5.91 Å². The Kier molecular flexibility index (Phi) is 5.85. The first-order valence-corrected chi connectivity index (χ1v) is 11.3. The van der Waals surface area contributed by atoms with E-state index in [4.69, 9.17) is 0 Å². The minimum absolute atomic E-state index is 0.0194. The lowest BCUT2D eigenvalue weighted by Crippen LogP contribution is -2.37. The molecule has 3 heterocycles. The fourth-order valence-corrected chi connectivity index (χ4v) is 4.98. The number of halogens is 1. The molecule has 1 aromatic carbocycles. The Hall–Kier alpha value is -2.37. The van der Waals surface area contributed by atoms with Gasteiger partial charge in [0.05, 0.1) is 5.52 Å². The second-order valence-electron chi connectivity index (χ2n) is 9.15. The maximum atomic E-state index is 15.7. The van der Waals surface area contributed by atoms with Gasteiger partial charge in [0.25, 0.3) is 5.91 Å². The van der Waals surface area contributed by atoms with Crippen LogP contribution < -0.4 is 0 Å². The Bertz CT molecular complexity index is 959. The van der Waals surface area contributed by atoms with Crippen LogP contribution in [0.4, 0.5) is 4.39 Å². The third kappa shape index (κ3) is 3.84. The SMILES string of the molecule is CC(=O)N1CCCC(c2cc(C(C)C)c3cc(C(=O)N4CCCCC4)[nH]c3c2F)C1. The normalized spacial score (nSPS) is 20.2. The Morgan fingerprint density at radius 3 is 2.43 bits per heavy atom. The Morgan fingerprint density at radius 1 is 1.07 bits per heavy atom. The lowest BCUT2D eigenvalue weighted by atomic mass is 9.86. The van der Waals surface area contributed by atoms with Crippen molar-refractivity contribution in [2.45, 2.75) is 64.7 Å². The zero-order chi connectivity index (χ0) is 21.4. The highest BCUT2D eigenvalue weighted by Crippen LogP contribution is 2.37. The summed E-state index contributed by atoms with van der Waals surface area (Å²) in [5.41, 5.74) is 2.61. The maximum absolute atomic E-state index is 15.7. The van der Waals surface area contributed by atoms with Gasteiger partial charge >= 0.3 is 0 Å². The van der Waals surface area contributed by atoms with Crippen molar-refractivity contribution in [3.05, 3.63) is 34.8 Å². The smallest absolute Gasteiger partial charge is 0.270 e. The van der Waals surface area contributed by atoms with Crippen molar-refractivity contribution >= 4 is 22.7 Å². The molecule has 5 nitrogen and oxygen atoms in total. The van der Waals surface area contributed by atoms with E-state index in [1.807, 2.05) is 21.9 Å². The number of aromatic amines is 1. The van der Waals surface area contributed by atoms with Gasteiger partial charge in [-0.1, -0.05) is 19.9 Å². The molecule has 2 aliphatic rings. The van der Waals surface area contributed by atoms with E-state index in [1.54, 1.807) is 6.92 Å². The van der Waals surface area contributed by atoms with E-state index in [2.05, 4.69) is 18.8 Å². The Balaban J connectivity index is 1.75. The lowest BCUT2D eigenvalue weighted by molar-refractivity contribution is -0.130. The van der Waals surface area contributed by atoms with Crippen LogP contribution in [0.1, 0.15) is 86.3 Å². The molecule has 2 aromatic rings. The summed E-state index contributed by atoms with van der Waals surface area (Å²) in [6, 6.07) is 3.80. The summed E-state index contributed by atoms with van der Waals surface area (Å²) in [4.78, 5) is 31.7. The van der Waals surface area contributed by atoms with Crippen LogP contribution in [0.2, 0.25) is 0 Å². The van der Waals surface area contributed by atoms with Crippen molar-refractivity contribution < 1.29 is 14.0 Å². The predicted octanol–water partition coefficient (Wildman–Crippen LogP) is 4.78. The number of nitrogens with zero attached hydrogens (tertiary/aromatic N) is 2. The number of piperidine rings is 2. The number of benzene rings is 1. The molecular weight excluding hydrogens is 381 g/mol. The molecule has 0 bridgehead atoms. The highest BCUT2D eigenvalue weighted by atomic mass is 19.1. The molecule has 30 heavy (non-hydrogen) atoms. The van der Waals surface area contributed by atoms with Gasteiger partial charge in [-0.2, -0.15) is 0 Å². The number of rotatable bonds is 3. The van der Waals surface area contributed by atoms with Crippen LogP contribution in [0.15, 0.2) is 12.1 Å². The van der Waals surface area contributed by atoms with Crippen molar-refractivity contribution in [2.75, 3.05) is 26.2 Å². The number of hydrogen-bond acceptors (Lipinski definition) is 2. The number of hydrogen-bond donors (Lipinski definition) is 1. The zero-order valence-electron chi connectivity index (χ0n) is 18.3. The van der Waals surface area contributed by atoms with E-state index in [1.165, 1.54) is 0 Å². The monoisotopic (exact) mass is 413 g/mol. The van der Waals surface area contributed by atoms with Gasteiger partial charge in [0.15, 0.2) is 5.82 Å². The molecule has 0 radical (unpaired) electrons. The highest BCUT2D eigenvalue weighted by Gasteiger charge is 2.29. The fourth-order valence-electron chi connectivity index (χ4n) is 4.98. The molecule has 4 rings (SSSR count). The molecular formula is C24H32FN3O2. The van der Waals surface area contributed by atoms with E-state index in [9.17, 15) is 9.59 Å². The van der Waals surface area contributed by atoms with Crippen LogP contribution in [0.5, 0.6) is 0 Å².